The van der Waals surface area contributed by atoms with Gasteiger partial charge < -0.3 is 4.74 Å². The Morgan fingerprint density at radius 3 is 2.40 bits per heavy atom. The number of ketones is 1. The standard InChI is InChI=1S/C24H26ClF3O2/c1-30-23-5-3-2-4-18(23)11-10-16-6-8-17(9-7-16)14-22(29)20-15-19(24(26,27)28)12-13-21(20)25/h2-5,12-13,15-17H,6-11,14H2,1H3. The molecule has 0 spiro atoms. The van der Waals surface area contributed by atoms with Gasteiger partial charge >= 0.3 is 6.18 Å². The number of hydrogen-bond acceptors (Lipinski definition) is 2. The molecule has 0 heterocycles. The summed E-state index contributed by atoms with van der Waals surface area (Å²) in [7, 11) is 1.68. The first-order valence-electron chi connectivity index (χ1n) is 10.3. The Bertz CT molecular complexity index is 871. The summed E-state index contributed by atoms with van der Waals surface area (Å²) in [4.78, 5) is 12.6. The highest BCUT2D eigenvalue weighted by molar-refractivity contribution is 6.34. The Morgan fingerprint density at radius 1 is 1.07 bits per heavy atom. The second-order valence-corrected chi connectivity index (χ2v) is 8.46. The van der Waals surface area contributed by atoms with E-state index in [-0.39, 0.29) is 28.7 Å². The molecule has 1 fully saturated rings. The van der Waals surface area contributed by atoms with Crippen molar-refractivity contribution in [2.75, 3.05) is 7.11 Å². The van der Waals surface area contributed by atoms with Crippen LogP contribution in [0.25, 0.3) is 0 Å². The lowest BCUT2D eigenvalue weighted by Gasteiger charge is -2.28. The van der Waals surface area contributed by atoms with E-state index >= 15 is 0 Å². The number of carbonyl (C=O) groups excluding carboxylic acids is 1. The fourth-order valence-corrected chi connectivity index (χ4v) is 4.50. The monoisotopic (exact) mass is 438 g/mol. The van der Waals surface area contributed by atoms with Crippen molar-refractivity contribution in [3.05, 3.63) is 64.2 Å². The fourth-order valence-electron chi connectivity index (χ4n) is 4.28. The van der Waals surface area contributed by atoms with Crippen LogP contribution in [0.1, 0.15) is 60.0 Å². The highest BCUT2D eigenvalue weighted by atomic mass is 35.5. The van der Waals surface area contributed by atoms with Crippen molar-refractivity contribution < 1.29 is 22.7 Å². The Kier molecular flexibility index (Phi) is 7.45. The average Bonchev–Trinajstić information content (AvgIpc) is 2.73. The molecule has 162 valence electrons. The summed E-state index contributed by atoms with van der Waals surface area (Å²) >= 11 is 6.01. The van der Waals surface area contributed by atoms with Crippen LogP contribution >= 0.6 is 11.6 Å². The van der Waals surface area contributed by atoms with Crippen molar-refractivity contribution >= 4 is 17.4 Å². The zero-order chi connectivity index (χ0) is 21.7. The fraction of sp³-hybridized carbons (Fsp3) is 0.458. The van der Waals surface area contributed by atoms with Gasteiger partial charge in [-0.05, 0) is 67.3 Å². The van der Waals surface area contributed by atoms with E-state index in [0.29, 0.717) is 5.92 Å². The molecule has 0 saturated heterocycles. The minimum Gasteiger partial charge on any atom is -0.496 e. The van der Waals surface area contributed by atoms with Crippen molar-refractivity contribution in [2.24, 2.45) is 11.8 Å². The maximum atomic E-state index is 12.9. The van der Waals surface area contributed by atoms with E-state index in [4.69, 9.17) is 16.3 Å². The summed E-state index contributed by atoms with van der Waals surface area (Å²) < 4.78 is 44.2. The van der Waals surface area contributed by atoms with Crippen LogP contribution in [0, 0.1) is 11.8 Å². The van der Waals surface area contributed by atoms with Gasteiger partial charge in [-0.3, -0.25) is 4.79 Å². The lowest BCUT2D eigenvalue weighted by Crippen LogP contribution is -2.18. The largest absolute Gasteiger partial charge is 0.496 e. The van der Waals surface area contributed by atoms with E-state index in [0.717, 1.165) is 62.5 Å². The third-order valence-corrected chi connectivity index (χ3v) is 6.38. The van der Waals surface area contributed by atoms with Crippen molar-refractivity contribution in [1.29, 1.82) is 0 Å². The SMILES string of the molecule is COc1ccccc1CCC1CCC(CC(=O)c2cc(C(F)(F)F)ccc2Cl)CC1. The number of rotatable bonds is 7. The minimum atomic E-state index is -4.49. The molecule has 3 rings (SSSR count). The zero-order valence-corrected chi connectivity index (χ0v) is 17.7. The highest BCUT2D eigenvalue weighted by Crippen LogP contribution is 2.36. The first-order valence-corrected chi connectivity index (χ1v) is 10.7. The van der Waals surface area contributed by atoms with E-state index in [1.165, 1.54) is 5.56 Å². The van der Waals surface area contributed by atoms with Gasteiger partial charge in [-0.1, -0.05) is 42.6 Å². The molecule has 0 atom stereocenters. The minimum absolute atomic E-state index is 0.0233. The van der Waals surface area contributed by atoms with Gasteiger partial charge in [-0.25, -0.2) is 0 Å². The Balaban J connectivity index is 1.52. The van der Waals surface area contributed by atoms with Gasteiger partial charge in [0.25, 0.3) is 0 Å². The number of para-hydroxylation sites is 1. The van der Waals surface area contributed by atoms with Gasteiger partial charge in [0.2, 0.25) is 0 Å². The predicted octanol–water partition coefficient (Wildman–Crippen LogP) is 7.38. The smallest absolute Gasteiger partial charge is 0.416 e. The molecule has 0 amide bonds. The number of benzene rings is 2. The number of Topliss-reactive ketones (excluding diaryl/α,β-unsaturated/α-hetero) is 1. The molecule has 0 aromatic heterocycles. The van der Waals surface area contributed by atoms with E-state index in [9.17, 15) is 18.0 Å². The van der Waals surface area contributed by atoms with Crippen molar-refractivity contribution in [3.63, 3.8) is 0 Å². The molecule has 30 heavy (non-hydrogen) atoms. The Morgan fingerprint density at radius 2 is 1.73 bits per heavy atom. The number of halogens is 4. The molecule has 2 nitrogen and oxygen atoms in total. The molecular weight excluding hydrogens is 413 g/mol. The van der Waals surface area contributed by atoms with Gasteiger partial charge in [0.15, 0.2) is 5.78 Å². The van der Waals surface area contributed by atoms with Gasteiger partial charge in [-0.15, -0.1) is 0 Å². The molecule has 1 aliphatic rings. The van der Waals surface area contributed by atoms with Crippen LogP contribution in [-0.4, -0.2) is 12.9 Å². The molecule has 0 N–H and O–H groups in total. The number of alkyl halides is 3. The summed E-state index contributed by atoms with van der Waals surface area (Å²) in [5.41, 5.74) is 0.344. The molecule has 1 saturated carbocycles. The molecule has 2 aromatic carbocycles. The summed E-state index contributed by atoms with van der Waals surface area (Å²) in [6, 6.07) is 11.0. The first-order chi connectivity index (χ1) is 14.3. The number of carbonyl (C=O) groups is 1. The predicted molar refractivity (Wildman–Crippen MR) is 112 cm³/mol. The molecule has 0 aliphatic heterocycles. The quantitative estimate of drug-likeness (QED) is 0.421. The third-order valence-electron chi connectivity index (χ3n) is 6.05. The summed E-state index contributed by atoms with van der Waals surface area (Å²) in [6.45, 7) is 0. The topological polar surface area (TPSA) is 26.3 Å². The molecule has 6 heteroatoms. The molecule has 0 radical (unpaired) electrons. The van der Waals surface area contributed by atoms with Gasteiger partial charge in [0, 0.05) is 12.0 Å². The molecular formula is C24H26ClF3O2. The van der Waals surface area contributed by atoms with Crippen LogP contribution in [0.4, 0.5) is 13.2 Å². The van der Waals surface area contributed by atoms with Crippen LogP contribution in [-0.2, 0) is 12.6 Å². The normalized spacial score (nSPS) is 19.5. The van der Waals surface area contributed by atoms with E-state index in [2.05, 4.69) is 6.07 Å². The summed E-state index contributed by atoms with van der Waals surface area (Å²) in [6.07, 6.45) is 1.68. The Labute approximate surface area is 180 Å². The van der Waals surface area contributed by atoms with Crippen LogP contribution in [0.15, 0.2) is 42.5 Å². The summed E-state index contributed by atoms with van der Waals surface area (Å²) in [5, 5.41) is 0.0819. The first kappa shape index (κ1) is 22.7. The number of hydrogen-bond donors (Lipinski definition) is 0. The maximum absolute atomic E-state index is 12.9. The van der Waals surface area contributed by atoms with Gasteiger partial charge in [0.05, 0.1) is 17.7 Å². The highest BCUT2D eigenvalue weighted by Gasteiger charge is 2.32. The van der Waals surface area contributed by atoms with Crippen LogP contribution in [0.5, 0.6) is 5.75 Å². The Hall–Kier alpha value is -2.01. The van der Waals surface area contributed by atoms with E-state index in [1.54, 1.807) is 7.11 Å². The molecule has 0 bridgehead atoms. The van der Waals surface area contributed by atoms with Crippen molar-refractivity contribution in [1.82, 2.24) is 0 Å². The number of methoxy groups -OCH3 is 1. The average molecular weight is 439 g/mol. The van der Waals surface area contributed by atoms with Crippen LogP contribution in [0.3, 0.4) is 0 Å². The van der Waals surface area contributed by atoms with Crippen LogP contribution < -0.4 is 4.74 Å². The molecule has 1 aliphatic carbocycles. The maximum Gasteiger partial charge on any atom is 0.416 e. The van der Waals surface area contributed by atoms with Gasteiger partial charge in [-0.2, -0.15) is 13.2 Å². The number of aryl methyl sites for hydroxylation is 1. The lowest BCUT2D eigenvalue weighted by atomic mass is 9.77. The van der Waals surface area contributed by atoms with Gasteiger partial charge in [0.1, 0.15) is 5.75 Å². The van der Waals surface area contributed by atoms with Crippen molar-refractivity contribution in [2.45, 2.75) is 51.1 Å². The number of ether oxygens (including phenoxy) is 1. The second-order valence-electron chi connectivity index (χ2n) is 8.06. The van der Waals surface area contributed by atoms with Crippen LogP contribution in [0.2, 0.25) is 5.02 Å². The molecule has 2 aromatic rings. The lowest BCUT2D eigenvalue weighted by molar-refractivity contribution is -0.137. The molecule has 0 unspecified atom stereocenters. The second kappa shape index (κ2) is 9.86. The zero-order valence-electron chi connectivity index (χ0n) is 17.0. The van der Waals surface area contributed by atoms with E-state index < -0.39 is 11.7 Å². The van der Waals surface area contributed by atoms with E-state index in [1.807, 2.05) is 18.2 Å². The van der Waals surface area contributed by atoms with Crippen molar-refractivity contribution in [3.8, 4) is 5.75 Å². The third kappa shape index (κ3) is 5.78. The summed E-state index contributed by atoms with van der Waals surface area (Å²) in [5.74, 6) is 1.40.